The van der Waals surface area contributed by atoms with Crippen molar-refractivity contribution in [3.63, 3.8) is 0 Å². The van der Waals surface area contributed by atoms with Gasteiger partial charge < -0.3 is 9.88 Å². The van der Waals surface area contributed by atoms with Crippen molar-refractivity contribution in [1.82, 2.24) is 19.2 Å². The van der Waals surface area contributed by atoms with Crippen LogP contribution in [0, 0.1) is 0 Å². The van der Waals surface area contributed by atoms with E-state index in [1.807, 2.05) is 24.5 Å². The van der Waals surface area contributed by atoms with E-state index in [2.05, 4.69) is 22.3 Å². The topological polar surface area (TPSA) is 64.2 Å². The van der Waals surface area contributed by atoms with Crippen molar-refractivity contribution in [3.8, 4) is 0 Å². The summed E-state index contributed by atoms with van der Waals surface area (Å²) in [6.07, 6.45) is 4.51. The van der Waals surface area contributed by atoms with Crippen LogP contribution in [0.3, 0.4) is 0 Å². The van der Waals surface area contributed by atoms with E-state index in [9.17, 15) is 4.79 Å². The second-order valence-corrected chi connectivity index (χ2v) is 5.63. The quantitative estimate of drug-likeness (QED) is 0.729. The largest absolute Gasteiger partial charge is 0.366 e. The molecule has 0 atom stereocenters. The van der Waals surface area contributed by atoms with Gasteiger partial charge >= 0.3 is 0 Å². The van der Waals surface area contributed by atoms with Crippen molar-refractivity contribution in [1.29, 1.82) is 0 Å². The van der Waals surface area contributed by atoms with Crippen molar-refractivity contribution in [2.24, 2.45) is 7.05 Å². The first-order chi connectivity index (χ1) is 11.1. The lowest BCUT2D eigenvalue weighted by atomic mass is 10.2. The molecule has 0 spiro atoms. The summed E-state index contributed by atoms with van der Waals surface area (Å²) in [5.41, 5.74) is 3.70. The monoisotopic (exact) mass is 331 g/mol. The van der Waals surface area contributed by atoms with Crippen molar-refractivity contribution in [2.75, 3.05) is 5.32 Å². The van der Waals surface area contributed by atoms with E-state index in [-0.39, 0.29) is 5.56 Å². The van der Waals surface area contributed by atoms with Crippen LogP contribution in [0.1, 0.15) is 23.7 Å². The van der Waals surface area contributed by atoms with Crippen molar-refractivity contribution >= 4 is 23.1 Å². The molecule has 6 nitrogen and oxygen atoms in total. The lowest BCUT2D eigenvalue weighted by Crippen LogP contribution is -2.16. The zero-order chi connectivity index (χ0) is 16.4. The minimum atomic E-state index is -0.0239. The smallest absolute Gasteiger partial charge is 0.250 e. The van der Waals surface area contributed by atoms with Gasteiger partial charge in [0.2, 0.25) is 5.56 Å². The molecule has 0 bridgehead atoms. The van der Waals surface area contributed by atoms with Crippen LogP contribution in [0.25, 0.3) is 5.65 Å². The molecule has 0 saturated heterocycles. The number of nitrogens with one attached hydrogen (secondary N) is 1. The van der Waals surface area contributed by atoms with Gasteiger partial charge in [0, 0.05) is 37.5 Å². The summed E-state index contributed by atoms with van der Waals surface area (Å²) in [5.74, 6) is 1.18. The number of aromatic nitrogens is 4. The molecule has 0 aromatic carbocycles. The maximum Gasteiger partial charge on any atom is 0.250 e. The molecule has 3 aromatic rings. The predicted octanol–water partition coefficient (Wildman–Crippen LogP) is 2.34. The first-order valence-corrected chi connectivity index (χ1v) is 7.97. The third-order valence-corrected chi connectivity index (χ3v) is 4.01. The molecule has 0 radical (unpaired) electrons. The molecule has 0 aliphatic heterocycles. The second-order valence-electron chi connectivity index (χ2n) is 5.37. The number of hydrogen-bond acceptors (Lipinski definition) is 4. The first kappa shape index (κ1) is 15.6. The third-order valence-electron chi connectivity index (χ3n) is 3.74. The van der Waals surface area contributed by atoms with Crippen LogP contribution >= 0.6 is 11.6 Å². The Kier molecular flexibility index (Phi) is 4.34. The van der Waals surface area contributed by atoms with E-state index in [4.69, 9.17) is 11.6 Å². The Bertz CT molecular complexity index is 899. The highest BCUT2D eigenvalue weighted by atomic mass is 35.5. The molecule has 23 heavy (non-hydrogen) atoms. The van der Waals surface area contributed by atoms with Crippen molar-refractivity contribution in [3.05, 3.63) is 57.8 Å². The highest BCUT2D eigenvalue weighted by molar-refractivity contribution is 6.16. The van der Waals surface area contributed by atoms with E-state index in [0.29, 0.717) is 12.4 Å². The average molecular weight is 332 g/mol. The summed E-state index contributed by atoms with van der Waals surface area (Å²) >= 11 is 5.96. The van der Waals surface area contributed by atoms with E-state index in [0.717, 1.165) is 34.7 Å². The molecular weight excluding hydrogens is 314 g/mol. The van der Waals surface area contributed by atoms with Crippen molar-refractivity contribution in [2.45, 2.75) is 25.8 Å². The molecule has 120 valence electrons. The third kappa shape index (κ3) is 3.07. The fourth-order valence-corrected chi connectivity index (χ4v) is 2.59. The molecule has 0 unspecified atom stereocenters. The highest BCUT2D eigenvalue weighted by Crippen LogP contribution is 2.18. The van der Waals surface area contributed by atoms with Crippen LogP contribution < -0.4 is 10.9 Å². The normalized spacial score (nSPS) is 11.1. The van der Waals surface area contributed by atoms with Crippen LogP contribution in [-0.4, -0.2) is 19.2 Å². The molecule has 0 aliphatic carbocycles. The van der Waals surface area contributed by atoms with E-state index in [1.54, 1.807) is 22.2 Å². The Morgan fingerprint density at radius 2 is 2.17 bits per heavy atom. The molecular formula is C16H18ClN5O. The van der Waals surface area contributed by atoms with Gasteiger partial charge in [-0.3, -0.25) is 4.79 Å². The summed E-state index contributed by atoms with van der Waals surface area (Å²) in [4.78, 5) is 16.0. The lowest BCUT2D eigenvalue weighted by molar-refractivity contribution is 0.840. The van der Waals surface area contributed by atoms with Gasteiger partial charge in [-0.15, -0.1) is 11.6 Å². The number of rotatable bonds is 5. The van der Waals surface area contributed by atoms with Gasteiger partial charge in [-0.1, -0.05) is 13.0 Å². The molecule has 7 heteroatoms. The summed E-state index contributed by atoms with van der Waals surface area (Å²) in [6.45, 7) is 2.65. The van der Waals surface area contributed by atoms with E-state index in [1.165, 1.54) is 0 Å². The number of nitrogens with zero attached hydrogens (tertiary/aromatic N) is 4. The van der Waals surface area contributed by atoms with Crippen LogP contribution in [0.4, 0.5) is 5.82 Å². The van der Waals surface area contributed by atoms with Gasteiger partial charge in [-0.25, -0.2) is 4.98 Å². The first-order valence-electron chi connectivity index (χ1n) is 7.44. The Hall–Kier alpha value is -2.34. The Morgan fingerprint density at radius 3 is 2.87 bits per heavy atom. The zero-order valence-corrected chi connectivity index (χ0v) is 13.8. The average Bonchev–Trinajstić information content (AvgIpc) is 2.98. The van der Waals surface area contributed by atoms with Gasteiger partial charge in [0.05, 0.1) is 17.8 Å². The molecule has 3 heterocycles. The highest BCUT2D eigenvalue weighted by Gasteiger charge is 2.10. The SMILES string of the molecule is CCc1cnn2c(NCc3ccc(=O)n(C)c3)cc(CCl)nc12. The van der Waals surface area contributed by atoms with Crippen LogP contribution in [0.5, 0.6) is 0 Å². The second kappa shape index (κ2) is 6.42. The molecule has 3 aromatic heterocycles. The number of fused-ring (bicyclic) bond motifs is 1. The maximum absolute atomic E-state index is 11.4. The fourth-order valence-electron chi connectivity index (χ4n) is 2.45. The molecule has 0 saturated carbocycles. The maximum atomic E-state index is 11.4. The summed E-state index contributed by atoms with van der Waals surface area (Å²) < 4.78 is 3.35. The Balaban J connectivity index is 1.93. The van der Waals surface area contributed by atoms with Gasteiger partial charge in [-0.2, -0.15) is 9.61 Å². The minimum absolute atomic E-state index is 0.0239. The molecule has 0 fully saturated rings. The Labute approximate surface area is 138 Å². The number of alkyl halides is 1. The number of aryl methyl sites for hydroxylation is 2. The predicted molar refractivity (Wildman–Crippen MR) is 90.9 cm³/mol. The molecule has 1 N–H and O–H groups in total. The van der Waals surface area contributed by atoms with Gasteiger partial charge in [0.25, 0.3) is 0 Å². The number of hydrogen-bond donors (Lipinski definition) is 1. The summed E-state index contributed by atoms with van der Waals surface area (Å²) in [6, 6.07) is 5.28. The van der Waals surface area contributed by atoms with Crippen LogP contribution in [0.15, 0.2) is 35.4 Å². The minimum Gasteiger partial charge on any atom is -0.366 e. The van der Waals surface area contributed by atoms with E-state index < -0.39 is 0 Å². The lowest BCUT2D eigenvalue weighted by Gasteiger charge is -2.11. The van der Waals surface area contributed by atoms with Gasteiger partial charge in [0.1, 0.15) is 5.82 Å². The van der Waals surface area contributed by atoms with Gasteiger partial charge in [0.15, 0.2) is 5.65 Å². The van der Waals surface area contributed by atoms with Crippen molar-refractivity contribution < 1.29 is 0 Å². The Morgan fingerprint density at radius 1 is 1.35 bits per heavy atom. The van der Waals surface area contributed by atoms with E-state index >= 15 is 0 Å². The summed E-state index contributed by atoms with van der Waals surface area (Å²) in [7, 11) is 1.74. The summed E-state index contributed by atoms with van der Waals surface area (Å²) in [5, 5.41) is 7.75. The van der Waals surface area contributed by atoms with Crippen LogP contribution in [0.2, 0.25) is 0 Å². The van der Waals surface area contributed by atoms with Crippen LogP contribution in [-0.2, 0) is 25.9 Å². The van der Waals surface area contributed by atoms with Gasteiger partial charge in [-0.05, 0) is 12.0 Å². The fraction of sp³-hybridized carbons (Fsp3) is 0.312. The molecule has 0 amide bonds. The number of pyridine rings is 1. The standard InChI is InChI=1S/C16H18ClN5O/c1-3-12-9-19-22-14(6-13(7-17)20-16(12)22)18-8-11-4-5-15(23)21(2)10-11/h4-6,9-10,18H,3,7-8H2,1-2H3. The zero-order valence-electron chi connectivity index (χ0n) is 13.1. The number of anilines is 1. The molecule has 0 aliphatic rings. The molecule has 3 rings (SSSR count). The number of halogens is 1.